The van der Waals surface area contributed by atoms with Gasteiger partial charge in [-0.25, -0.2) is 13.8 Å². The average Bonchev–Trinajstić information content (AvgIpc) is 3.54. The maximum Gasteiger partial charge on any atom is 0.227 e. The van der Waals surface area contributed by atoms with E-state index in [2.05, 4.69) is 40.4 Å². The number of aromatic nitrogens is 7. The van der Waals surface area contributed by atoms with Crippen LogP contribution in [0.25, 0.3) is 55.8 Å². The van der Waals surface area contributed by atoms with Crippen LogP contribution in [0.1, 0.15) is 12.8 Å². The number of anilines is 1. The minimum atomic E-state index is -0.609. The van der Waals surface area contributed by atoms with Crippen LogP contribution in [0, 0.1) is 17.6 Å². The molecule has 0 saturated heterocycles. The number of fused-ring (bicyclic) bond motifs is 2. The lowest BCUT2D eigenvalue weighted by atomic mass is 10.1. The van der Waals surface area contributed by atoms with Gasteiger partial charge in [-0.2, -0.15) is 5.10 Å². The first-order chi connectivity index (χ1) is 18.5. The van der Waals surface area contributed by atoms with Crippen LogP contribution in [0.15, 0.2) is 61.3 Å². The predicted molar refractivity (Wildman–Crippen MR) is 137 cm³/mol. The van der Waals surface area contributed by atoms with E-state index in [4.69, 9.17) is 0 Å². The third-order valence-electron chi connectivity index (χ3n) is 6.53. The Morgan fingerprint density at radius 3 is 2.66 bits per heavy atom. The highest BCUT2D eigenvalue weighted by molar-refractivity contribution is 5.98. The summed E-state index contributed by atoms with van der Waals surface area (Å²) < 4.78 is 29.8. The number of nitrogens with one attached hydrogen (secondary N) is 3. The van der Waals surface area contributed by atoms with E-state index < -0.39 is 5.82 Å². The summed E-state index contributed by atoms with van der Waals surface area (Å²) in [6.45, 7) is 0. The number of benzene rings is 1. The zero-order valence-electron chi connectivity index (χ0n) is 19.7. The Morgan fingerprint density at radius 1 is 0.947 bits per heavy atom. The molecule has 1 fully saturated rings. The van der Waals surface area contributed by atoms with E-state index in [9.17, 15) is 9.18 Å². The first-order valence-corrected chi connectivity index (χ1v) is 11.9. The van der Waals surface area contributed by atoms with E-state index in [0.717, 1.165) is 12.8 Å². The Kier molecular flexibility index (Phi) is 4.96. The summed E-state index contributed by atoms with van der Waals surface area (Å²) in [5.74, 6) is -0.707. The number of H-pyrrole nitrogens is 2. The van der Waals surface area contributed by atoms with Crippen LogP contribution < -0.4 is 5.32 Å². The van der Waals surface area contributed by atoms with E-state index in [1.165, 1.54) is 30.7 Å². The molecule has 186 valence electrons. The average molecular weight is 508 g/mol. The third kappa shape index (κ3) is 3.76. The van der Waals surface area contributed by atoms with Gasteiger partial charge in [0.05, 0.1) is 46.2 Å². The number of aromatic amines is 2. The maximum absolute atomic E-state index is 16.0. The Labute approximate surface area is 213 Å². The van der Waals surface area contributed by atoms with Crippen LogP contribution >= 0.6 is 0 Å². The molecule has 0 atom stereocenters. The number of hydrogen-bond donors (Lipinski definition) is 3. The SMILES string of the molecule is O=C(Nc1cncc(-c2ncc3[nH]nc(-c4nc5c(-c6cccc(F)c6)cncc5[nH]4)c3c2F)c1)C1CC1. The van der Waals surface area contributed by atoms with Crippen molar-refractivity contribution in [2.45, 2.75) is 12.8 Å². The highest BCUT2D eigenvalue weighted by atomic mass is 19.1. The highest BCUT2D eigenvalue weighted by Crippen LogP contribution is 2.35. The van der Waals surface area contributed by atoms with Gasteiger partial charge in [0.1, 0.15) is 17.2 Å². The van der Waals surface area contributed by atoms with Crippen LogP contribution in [0.3, 0.4) is 0 Å². The summed E-state index contributed by atoms with van der Waals surface area (Å²) in [6.07, 6.45) is 9.44. The van der Waals surface area contributed by atoms with Crippen LogP contribution in [0.2, 0.25) is 0 Å². The fourth-order valence-electron chi connectivity index (χ4n) is 4.49. The molecule has 6 aromatic rings. The number of hydrogen-bond acceptors (Lipinski definition) is 6. The Hall–Kier alpha value is -5.06. The molecular formula is C27H18F2N8O. The van der Waals surface area contributed by atoms with Crippen molar-refractivity contribution >= 4 is 33.5 Å². The summed E-state index contributed by atoms with van der Waals surface area (Å²) in [6, 6.07) is 7.79. The van der Waals surface area contributed by atoms with Crippen molar-refractivity contribution < 1.29 is 13.6 Å². The van der Waals surface area contributed by atoms with Gasteiger partial charge in [0, 0.05) is 29.4 Å². The van der Waals surface area contributed by atoms with Crippen molar-refractivity contribution in [1.29, 1.82) is 0 Å². The molecular weight excluding hydrogens is 490 g/mol. The lowest BCUT2D eigenvalue weighted by molar-refractivity contribution is -0.117. The van der Waals surface area contributed by atoms with Crippen molar-refractivity contribution in [2.75, 3.05) is 5.32 Å². The van der Waals surface area contributed by atoms with Crippen LogP contribution in [0.4, 0.5) is 14.5 Å². The number of amides is 1. The second-order valence-electron chi connectivity index (χ2n) is 9.19. The Morgan fingerprint density at radius 2 is 1.82 bits per heavy atom. The summed E-state index contributed by atoms with van der Waals surface area (Å²) in [5.41, 5.74) is 3.98. The van der Waals surface area contributed by atoms with Gasteiger partial charge in [-0.05, 0) is 36.6 Å². The fraction of sp³-hybridized carbons (Fsp3) is 0.111. The topological polar surface area (TPSA) is 125 Å². The molecule has 1 saturated carbocycles. The Balaban J connectivity index is 1.32. The summed E-state index contributed by atoms with van der Waals surface area (Å²) in [7, 11) is 0. The fourth-order valence-corrected chi connectivity index (χ4v) is 4.49. The second-order valence-corrected chi connectivity index (χ2v) is 9.19. The van der Waals surface area contributed by atoms with Crippen LogP contribution in [-0.4, -0.2) is 41.0 Å². The summed E-state index contributed by atoms with van der Waals surface area (Å²) in [4.78, 5) is 32.7. The van der Waals surface area contributed by atoms with Crippen LogP contribution in [0.5, 0.6) is 0 Å². The number of rotatable bonds is 5. The van der Waals surface area contributed by atoms with E-state index in [1.54, 1.807) is 30.6 Å². The van der Waals surface area contributed by atoms with Gasteiger partial charge in [-0.3, -0.25) is 24.8 Å². The van der Waals surface area contributed by atoms with E-state index in [0.29, 0.717) is 44.8 Å². The van der Waals surface area contributed by atoms with Gasteiger partial charge in [0.15, 0.2) is 11.6 Å². The normalized spacial score (nSPS) is 13.3. The van der Waals surface area contributed by atoms with Gasteiger partial charge >= 0.3 is 0 Å². The van der Waals surface area contributed by atoms with E-state index in [-0.39, 0.29) is 34.4 Å². The summed E-state index contributed by atoms with van der Waals surface area (Å²) >= 11 is 0. The van der Waals surface area contributed by atoms with Crippen molar-refractivity contribution in [2.24, 2.45) is 5.92 Å². The molecule has 0 radical (unpaired) electrons. The maximum atomic E-state index is 16.0. The van der Waals surface area contributed by atoms with Gasteiger partial charge in [-0.15, -0.1) is 0 Å². The number of halogens is 2. The van der Waals surface area contributed by atoms with Gasteiger partial charge in [0.25, 0.3) is 0 Å². The van der Waals surface area contributed by atoms with Crippen molar-refractivity contribution in [3.8, 4) is 33.9 Å². The van der Waals surface area contributed by atoms with Gasteiger partial charge < -0.3 is 10.3 Å². The minimum absolute atomic E-state index is 0.0267. The van der Waals surface area contributed by atoms with Crippen molar-refractivity contribution in [3.63, 3.8) is 0 Å². The monoisotopic (exact) mass is 508 g/mol. The van der Waals surface area contributed by atoms with Gasteiger partial charge in [0.2, 0.25) is 5.91 Å². The number of imidazole rings is 1. The van der Waals surface area contributed by atoms with Crippen LogP contribution in [-0.2, 0) is 4.79 Å². The zero-order chi connectivity index (χ0) is 25.8. The molecule has 0 aliphatic heterocycles. The van der Waals surface area contributed by atoms with Crippen molar-refractivity contribution in [1.82, 2.24) is 35.1 Å². The minimum Gasteiger partial charge on any atom is -0.335 e. The second kappa shape index (κ2) is 8.51. The third-order valence-corrected chi connectivity index (χ3v) is 6.53. The smallest absolute Gasteiger partial charge is 0.227 e. The quantitative estimate of drug-likeness (QED) is 0.292. The largest absolute Gasteiger partial charge is 0.335 e. The molecule has 7 rings (SSSR count). The molecule has 1 aliphatic rings. The molecule has 5 heterocycles. The molecule has 1 aliphatic carbocycles. The number of nitrogens with zero attached hydrogens (tertiary/aromatic N) is 5. The lowest BCUT2D eigenvalue weighted by Gasteiger charge is -2.07. The number of carbonyl (C=O) groups is 1. The molecule has 1 aromatic carbocycles. The summed E-state index contributed by atoms with van der Waals surface area (Å²) in [5, 5.41) is 10.1. The first kappa shape index (κ1) is 22.2. The van der Waals surface area contributed by atoms with E-state index in [1.807, 2.05) is 0 Å². The first-order valence-electron chi connectivity index (χ1n) is 11.9. The van der Waals surface area contributed by atoms with E-state index >= 15 is 4.39 Å². The molecule has 1 amide bonds. The lowest BCUT2D eigenvalue weighted by Crippen LogP contribution is -2.13. The molecule has 5 aromatic heterocycles. The number of carbonyl (C=O) groups excluding carboxylic acids is 1. The molecule has 0 unspecified atom stereocenters. The number of pyridine rings is 3. The predicted octanol–water partition coefficient (Wildman–Crippen LogP) is 5.25. The molecule has 38 heavy (non-hydrogen) atoms. The van der Waals surface area contributed by atoms with Gasteiger partial charge in [-0.1, -0.05) is 12.1 Å². The zero-order valence-corrected chi connectivity index (χ0v) is 19.7. The molecule has 9 nitrogen and oxygen atoms in total. The highest BCUT2D eigenvalue weighted by Gasteiger charge is 2.29. The molecule has 0 bridgehead atoms. The molecule has 3 N–H and O–H groups in total. The standard InChI is InChI=1S/C27H18F2N8O/c28-16-3-1-2-14(6-16)18-10-31-11-20-24(18)35-26(34-20)25-21-19(36-37-25)12-32-23(22(21)29)15-7-17(9-30-8-15)33-27(38)13-4-5-13/h1-3,6-13H,4-5H2,(H,33,38)(H,34,35)(H,36,37). The van der Waals surface area contributed by atoms with Crippen molar-refractivity contribution in [3.05, 3.63) is 73.0 Å². The molecule has 11 heteroatoms. The Bertz CT molecular complexity index is 1870. The molecule has 0 spiro atoms.